The maximum atomic E-state index is 8.37. The van der Waals surface area contributed by atoms with Gasteiger partial charge in [0.1, 0.15) is 22.8 Å². The molecule has 0 aromatic heterocycles. The van der Waals surface area contributed by atoms with Gasteiger partial charge in [-0.15, -0.1) is 0 Å². The van der Waals surface area contributed by atoms with Crippen molar-refractivity contribution in [3.8, 4) is 24.8 Å². The predicted molar refractivity (Wildman–Crippen MR) is 52.2 cm³/mol. The van der Waals surface area contributed by atoms with Crippen LogP contribution in [0.1, 0.15) is 0 Å². The summed E-state index contributed by atoms with van der Waals surface area (Å²) in [5.74, 6) is 0. The molecule has 72 valence electrons. The Bertz CT molecular complexity index is 476. The highest BCUT2D eigenvalue weighted by Crippen LogP contribution is 2.09. The van der Waals surface area contributed by atoms with Crippen molar-refractivity contribution in [2.24, 2.45) is 20.0 Å². The monoisotopic (exact) mass is 208 g/mol. The quantitative estimate of drug-likeness (QED) is 0.502. The van der Waals surface area contributed by atoms with Crippen molar-refractivity contribution in [3.63, 3.8) is 0 Å². The third kappa shape index (κ3) is 1.63. The van der Waals surface area contributed by atoms with E-state index < -0.39 is 0 Å². The lowest BCUT2D eigenvalue weighted by Gasteiger charge is -2.18. The van der Waals surface area contributed by atoms with Crippen LogP contribution >= 0.6 is 0 Å². The molecule has 16 heavy (non-hydrogen) atoms. The second-order valence-corrected chi connectivity index (χ2v) is 2.24. The Kier molecular flexibility index (Phi) is 3.19. The van der Waals surface area contributed by atoms with Crippen LogP contribution in [0.4, 0.5) is 0 Å². The van der Waals surface area contributed by atoms with Gasteiger partial charge in [-0.2, -0.15) is 41.0 Å². The van der Waals surface area contributed by atoms with E-state index in [2.05, 4.69) is 20.0 Å². The first-order valence-corrected chi connectivity index (χ1v) is 3.68. The topological polar surface area (TPSA) is 145 Å². The first-order valence-electron chi connectivity index (χ1n) is 3.68. The molecule has 0 bridgehead atoms. The van der Waals surface area contributed by atoms with E-state index >= 15 is 0 Å². The maximum absolute atomic E-state index is 8.37. The van der Waals surface area contributed by atoms with E-state index in [1.165, 1.54) is 24.8 Å². The highest BCUT2D eigenvalue weighted by atomic mass is 14.9. The molecule has 0 saturated heterocycles. The average molecular weight is 208 g/mol. The maximum Gasteiger partial charge on any atom is 0.206 e. The number of aliphatic imine (C=N–C) groups is 4. The molecular formula is C8N8. The van der Waals surface area contributed by atoms with E-state index in [0.717, 1.165) is 0 Å². The Labute approximate surface area is 89.4 Å². The van der Waals surface area contributed by atoms with Crippen LogP contribution in [0.3, 0.4) is 0 Å². The molecule has 1 aliphatic carbocycles. The van der Waals surface area contributed by atoms with Crippen LogP contribution in [-0.2, 0) is 0 Å². The summed E-state index contributed by atoms with van der Waals surface area (Å²) in [6.45, 7) is 0. The zero-order chi connectivity index (χ0) is 12.0. The summed E-state index contributed by atoms with van der Waals surface area (Å²) in [4.78, 5) is 13.3. The summed E-state index contributed by atoms with van der Waals surface area (Å²) in [5.41, 5.74) is -0.0570. The van der Waals surface area contributed by atoms with Gasteiger partial charge in [0.05, 0.1) is 0 Å². The van der Waals surface area contributed by atoms with E-state index in [4.69, 9.17) is 21.0 Å². The fourth-order valence-corrected chi connectivity index (χ4v) is 1.01. The lowest BCUT2D eigenvalue weighted by molar-refractivity contribution is 1.41. The standard InChI is InChI=1S/C8N8/c9-1-13-5-6(14-2-10)8(16-4-12)7(5)15-3-11. The predicted octanol–water partition coefficient (Wildman–Crippen LogP) is -0.312. The third-order valence-electron chi connectivity index (χ3n) is 1.54. The first-order chi connectivity index (χ1) is 7.79. The third-order valence-corrected chi connectivity index (χ3v) is 1.54. The number of nitriles is 4. The average Bonchev–Trinajstić information content (AvgIpc) is 2.30. The van der Waals surface area contributed by atoms with Gasteiger partial charge in [-0.1, -0.05) is 0 Å². The van der Waals surface area contributed by atoms with Gasteiger partial charge in [-0.25, -0.2) is 0 Å². The minimum absolute atomic E-state index is 0.0143. The number of rotatable bonds is 0. The first kappa shape index (κ1) is 10.7. The van der Waals surface area contributed by atoms with Gasteiger partial charge in [0.25, 0.3) is 0 Å². The smallest absolute Gasteiger partial charge is 0.170 e. The fraction of sp³-hybridized carbons (Fsp3) is 0. The van der Waals surface area contributed by atoms with Crippen LogP contribution in [0.15, 0.2) is 20.0 Å². The Hall–Kier alpha value is -3.36. The zero-order valence-corrected chi connectivity index (χ0v) is 7.58. The molecule has 0 atom stereocenters. The van der Waals surface area contributed by atoms with E-state index in [-0.39, 0.29) is 22.8 Å². The summed E-state index contributed by atoms with van der Waals surface area (Å²) in [5, 5.41) is 33.5. The van der Waals surface area contributed by atoms with Crippen molar-refractivity contribution in [1.82, 2.24) is 0 Å². The summed E-state index contributed by atoms with van der Waals surface area (Å²) < 4.78 is 0. The lowest BCUT2D eigenvalue weighted by Crippen LogP contribution is -2.50. The Morgan fingerprint density at radius 2 is 0.688 bits per heavy atom. The van der Waals surface area contributed by atoms with Crippen LogP contribution in [0.5, 0.6) is 0 Å². The Morgan fingerprint density at radius 3 is 0.812 bits per heavy atom. The Balaban J connectivity index is 3.37. The molecule has 8 nitrogen and oxygen atoms in total. The van der Waals surface area contributed by atoms with Crippen molar-refractivity contribution >= 4 is 22.8 Å². The van der Waals surface area contributed by atoms with Gasteiger partial charge < -0.3 is 0 Å². The minimum Gasteiger partial charge on any atom is -0.170 e. The number of nitrogens with zero attached hydrogens (tertiary/aromatic N) is 8. The van der Waals surface area contributed by atoms with Crippen LogP contribution < -0.4 is 0 Å². The molecule has 0 spiro atoms. The van der Waals surface area contributed by atoms with Crippen molar-refractivity contribution in [2.45, 2.75) is 0 Å². The lowest BCUT2D eigenvalue weighted by atomic mass is 9.88. The summed E-state index contributed by atoms with van der Waals surface area (Å²) in [7, 11) is 0. The minimum atomic E-state index is -0.0143. The molecule has 0 aromatic rings. The molecule has 1 rings (SSSR count). The van der Waals surface area contributed by atoms with Crippen LogP contribution in [0, 0.1) is 45.8 Å². The molecule has 1 fully saturated rings. The van der Waals surface area contributed by atoms with Gasteiger partial charge >= 0.3 is 0 Å². The normalized spacial score (nSPS) is 12.2. The number of hydrogen-bond donors (Lipinski definition) is 0. The van der Waals surface area contributed by atoms with Gasteiger partial charge in [0.15, 0.2) is 0 Å². The van der Waals surface area contributed by atoms with Crippen LogP contribution in [0.25, 0.3) is 0 Å². The summed E-state index contributed by atoms with van der Waals surface area (Å²) in [6.07, 6.45) is 5.91. The van der Waals surface area contributed by atoms with Gasteiger partial charge in [-0.3, -0.25) is 0 Å². The molecule has 1 aliphatic rings. The van der Waals surface area contributed by atoms with Crippen molar-refractivity contribution < 1.29 is 0 Å². The van der Waals surface area contributed by atoms with Gasteiger partial charge in [0.2, 0.25) is 24.8 Å². The largest absolute Gasteiger partial charge is 0.206 e. The molecule has 0 radical (unpaired) electrons. The molecule has 0 N–H and O–H groups in total. The second-order valence-electron chi connectivity index (χ2n) is 2.24. The van der Waals surface area contributed by atoms with Crippen LogP contribution in [0.2, 0.25) is 0 Å². The summed E-state index contributed by atoms with van der Waals surface area (Å²) in [6, 6.07) is 0. The molecule has 0 aromatic carbocycles. The van der Waals surface area contributed by atoms with E-state index in [1.807, 2.05) is 0 Å². The SMILES string of the molecule is N#CN=C1C(=NC#N)C(=NC#N)C1=NC#N. The highest BCUT2D eigenvalue weighted by molar-refractivity contribution is 7.12. The molecule has 0 heterocycles. The van der Waals surface area contributed by atoms with Crippen LogP contribution in [-0.4, -0.2) is 22.8 Å². The molecular weight excluding hydrogens is 208 g/mol. The number of hydrogen-bond acceptors (Lipinski definition) is 8. The van der Waals surface area contributed by atoms with Gasteiger partial charge in [0, 0.05) is 0 Å². The summed E-state index contributed by atoms with van der Waals surface area (Å²) >= 11 is 0. The molecule has 0 amide bonds. The highest BCUT2D eigenvalue weighted by Gasteiger charge is 2.38. The molecule has 0 aliphatic heterocycles. The molecule has 0 unspecified atom stereocenters. The van der Waals surface area contributed by atoms with Crippen molar-refractivity contribution in [1.29, 1.82) is 21.0 Å². The van der Waals surface area contributed by atoms with Crippen molar-refractivity contribution in [2.75, 3.05) is 0 Å². The van der Waals surface area contributed by atoms with Gasteiger partial charge in [-0.05, 0) is 0 Å². The van der Waals surface area contributed by atoms with E-state index in [1.54, 1.807) is 0 Å². The zero-order valence-electron chi connectivity index (χ0n) is 7.58. The van der Waals surface area contributed by atoms with E-state index in [0.29, 0.717) is 0 Å². The molecule has 1 saturated carbocycles. The fourth-order valence-electron chi connectivity index (χ4n) is 1.01. The Morgan fingerprint density at radius 1 is 0.500 bits per heavy atom. The molecule has 8 heteroatoms. The van der Waals surface area contributed by atoms with E-state index in [9.17, 15) is 0 Å². The second kappa shape index (κ2) is 4.76. The van der Waals surface area contributed by atoms with Crippen molar-refractivity contribution in [3.05, 3.63) is 0 Å².